The van der Waals surface area contributed by atoms with Crippen molar-refractivity contribution < 1.29 is 0 Å². The zero-order valence-electron chi connectivity index (χ0n) is 8.98. The predicted molar refractivity (Wildman–Crippen MR) is 63.9 cm³/mol. The molecule has 0 unspecified atom stereocenters. The summed E-state index contributed by atoms with van der Waals surface area (Å²) in [5, 5.41) is 7.12. The van der Waals surface area contributed by atoms with Gasteiger partial charge >= 0.3 is 0 Å². The largest absolute Gasteiger partial charge is 0.370 e. The highest BCUT2D eigenvalue weighted by Gasteiger charge is 2.14. The molecule has 1 heterocycles. The Kier molecular flexibility index (Phi) is 2.86. The molecule has 78 valence electrons. The van der Waals surface area contributed by atoms with Crippen LogP contribution in [0.4, 0.5) is 0 Å². The van der Waals surface area contributed by atoms with Crippen molar-refractivity contribution in [3.8, 4) is 0 Å². The molecule has 0 aliphatic carbocycles. The summed E-state index contributed by atoms with van der Waals surface area (Å²) in [6.07, 6.45) is 6.58. The summed E-state index contributed by atoms with van der Waals surface area (Å²) in [4.78, 5) is 2.29. The second-order valence-corrected chi connectivity index (χ2v) is 3.98. The maximum Gasteiger partial charge on any atom is 0.0433 e. The standard InChI is InChI=1S/C13H16N2/c1-11(6-8-14)15-9-7-12-4-2-3-5-13(12)10-15/h2-5,7-9,11,14H,6,10H2,1H3/t11-/m1/s1. The Labute approximate surface area is 90.7 Å². The van der Waals surface area contributed by atoms with Crippen LogP contribution in [0.25, 0.3) is 6.08 Å². The zero-order valence-corrected chi connectivity index (χ0v) is 8.98. The number of fused-ring (bicyclic) bond motifs is 1. The van der Waals surface area contributed by atoms with Crippen LogP contribution in [0.3, 0.4) is 0 Å². The van der Waals surface area contributed by atoms with Crippen molar-refractivity contribution in [2.45, 2.75) is 25.9 Å². The van der Waals surface area contributed by atoms with Crippen LogP contribution >= 0.6 is 0 Å². The molecule has 0 aromatic heterocycles. The van der Waals surface area contributed by atoms with E-state index in [1.54, 1.807) is 0 Å². The van der Waals surface area contributed by atoms with E-state index in [0.29, 0.717) is 6.04 Å². The number of benzene rings is 1. The van der Waals surface area contributed by atoms with Crippen molar-refractivity contribution in [2.24, 2.45) is 0 Å². The monoisotopic (exact) mass is 200 g/mol. The van der Waals surface area contributed by atoms with E-state index in [9.17, 15) is 0 Å². The molecule has 0 spiro atoms. The van der Waals surface area contributed by atoms with Gasteiger partial charge in [-0.3, -0.25) is 0 Å². The van der Waals surface area contributed by atoms with Crippen LogP contribution in [0.2, 0.25) is 0 Å². The maximum absolute atomic E-state index is 7.12. The number of nitrogens with one attached hydrogen (secondary N) is 1. The predicted octanol–water partition coefficient (Wildman–Crippen LogP) is 2.90. The number of hydrogen-bond donors (Lipinski definition) is 1. The molecule has 0 amide bonds. The minimum Gasteiger partial charge on any atom is -0.370 e. The molecule has 1 aliphatic rings. The van der Waals surface area contributed by atoms with Gasteiger partial charge in [0.05, 0.1) is 0 Å². The molecule has 2 rings (SSSR count). The van der Waals surface area contributed by atoms with Crippen molar-refractivity contribution in [3.63, 3.8) is 0 Å². The minimum absolute atomic E-state index is 0.409. The van der Waals surface area contributed by atoms with Crippen LogP contribution in [-0.2, 0) is 6.54 Å². The molecule has 2 heteroatoms. The lowest BCUT2D eigenvalue weighted by molar-refractivity contribution is 0.291. The molecule has 1 N–H and O–H groups in total. The second-order valence-electron chi connectivity index (χ2n) is 3.98. The fourth-order valence-corrected chi connectivity index (χ4v) is 1.87. The Balaban J connectivity index is 2.15. The first-order valence-electron chi connectivity index (χ1n) is 5.32. The van der Waals surface area contributed by atoms with Gasteiger partial charge in [-0.2, -0.15) is 0 Å². The molecule has 1 aromatic rings. The summed E-state index contributed by atoms with van der Waals surface area (Å²) in [5.74, 6) is 0. The minimum atomic E-state index is 0.409. The molecular weight excluding hydrogens is 184 g/mol. The molecule has 0 fully saturated rings. The lowest BCUT2D eigenvalue weighted by atomic mass is 10.0. The Morgan fingerprint density at radius 2 is 2.27 bits per heavy atom. The van der Waals surface area contributed by atoms with Gasteiger partial charge in [0, 0.05) is 25.2 Å². The fourth-order valence-electron chi connectivity index (χ4n) is 1.87. The molecule has 1 aromatic carbocycles. The molecule has 1 atom stereocenters. The molecule has 1 aliphatic heterocycles. The number of rotatable bonds is 3. The van der Waals surface area contributed by atoms with E-state index >= 15 is 0 Å². The normalized spacial score (nSPS) is 15.9. The first kappa shape index (κ1) is 9.97. The molecule has 0 radical (unpaired) electrons. The topological polar surface area (TPSA) is 27.1 Å². The summed E-state index contributed by atoms with van der Waals surface area (Å²) in [6.45, 7) is 3.12. The lowest BCUT2D eigenvalue weighted by Gasteiger charge is -2.30. The van der Waals surface area contributed by atoms with Gasteiger partial charge in [0.25, 0.3) is 0 Å². The van der Waals surface area contributed by atoms with E-state index < -0.39 is 0 Å². The van der Waals surface area contributed by atoms with Gasteiger partial charge < -0.3 is 10.3 Å². The van der Waals surface area contributed by atoms with Gasteiger partial charge in [0.2, 0.25) is 0 Å². The molecular formula is C13H16N2. The highest BCUT2D eigenvalue weighted by atomic mass is 15.1. The number of nitrogens with zero attached hydrogens (tertiary/aromatic N) is 1. The molecule has 0 bridgehead atoms. The molecule has 0 saturated heterocycles. The summed E-state index contributed by atoms with van der Waals surface area (Å²) in [6, 6.07) is 8.87. The van der Waals surface area contributed by atoms with E-state index in [4.69, 9.17) is 5.41 Å². The SMILES string of the molecule is C[C@H](CC=N)N1C=Cc2ccccc2C1. The van der Waals surface area contributed by atoms with E-state index in [0.717, 1.165) is 13.0 Å². The average molecular weight is 200 g/mol. The van der Waals surface area contributed by atoms with E-state index in [-0.39, 0.29) is 0 Å². The fraction of sp³-hybridized carbons (Fsp3) is 0.308. The van der Waals surface area contributed by atoms with Gasteiger partial charge in [0.15, 0.2) is 0 Å². The average Bonchev–Trinajstić information content (AvgIpc) is 2.29. The Hall–Kier alpha value is -1.57. The van der Waals surface area contributed by atoms with Crippen LogP contribution in [0.5, 0.6) is 0 Å². The van der Waals surface area contributed by atoms with Gasteiger partial charge in [-0.25, -0.2) is 0 Å². The van der Waals surface area contributed by atoms with Gasteiger partial charge in [-0.05, 0) is 30.3 Å². The summed E-state index contributed by atoms with van der Waals surface area (Å²) < 4.78 is 0. The van der Waals surface area contributed by atoms with Crippen molar-refractivity contribution in [2.75, 3.05) is 0 Å². The second kappa shape index (κ2) is 4.30. The third-order valence-corrected chi connectivity index (χ3v) is 2.88. The smallest absolute Gasteiger partial charge is 0.0433 e. The molecule has 0 saturated carbocycles. The highest BCUT2D eigenvalue weighted by molar-refractivity contribution is 5.56. The Morgan fingerprint density at radius 3 is 3.07 bits per heavy atom. The van der Waals surface area contributed by atoms with Crippen molar-refractivity contribution in [3.05, 3.63) is 41.6 Å². The summed E-state index contributed by atoms with van der Waals surface area (Å²) >= 11 is 0. The van der Waals surface area contributed by atoms with Gasteiger partial charge in [-0.1, -0.05) is 24.3 Å². The van der Waals surface area contributed by atoms with Crippen LogP contribution in [-0.4, -0.2) is 17.2 Å². The Bertz CT molecular complexity index is 382. The third-order valence-electron chi connectivity index (χ3n) is 2.88. The van der Waals surface area contributed by atoms with Gasteiger partial charge in [0.1, 0.15) is 0 Å². The van der Waals surface area contributed by atoms with Crippen LogP contribution < -0.4 is 0 Å². The van der Waals surface area contributed by atoms with Crippen molar-refractivity contribution >= 4 is 12.3 Å². The van der Waals surface area contributed by atoms with Gasteiger partial charge in [-0.15, -0.1) is 0 Å². The first-order valence-corrected chi connectivity index (χ1v) is 5.32. The van der Waals surface area contributed by atoms with E-state index in [1.165, 1.54) is 17.3 Å². The summed E-state index contributed by atoms with van der Waals surface area (Å²) in [5.41, 5.74) is 2.69. The highest BCUT2D eigenvalue weighted by Crippen LogP contribution is 2.21. The summed E-state index contributed by atoms with van der Waals surface area (Å²) in [7, 11) is 0. The quantitative estimate of drug-likeness (QED) is 0.746. The van der Waals surface area contributed by atoms with E-state index in [1.807, 2.05) is 0 Å². The van der Waals surface area contributed by atoms with Crippen molar-refractivity contribution in [1.82, 2.24) is 4.90 Å². The maximum atomic E-state index is 7.12. The first-order chi connectivity index (χ1) is 7.31. The zero-order chi connectivity index (χ0) is 10.7. The van der Waals surface area contributed by atoms with Crippen molar-refractivity contribution in [1.29, 1.82) is 5.41 Å². The van der Waals surface area contributed by atoms with E-state index in [2.05, 4.69) is 48.4 Å². The number of hydrogen-bond acceptors (Lipinski definition) is 2. The molecule has 2 nitrogen and oxygen atoms in total. The third kappa shape index (κ3) is 2.09. The van der Waals surface area contributed by atoms with Crippen LogP contribution in [0.1, 0.15) is 24.5 Å². The molecule has 15 heavy (non-hydrogen) atoms. The Morgan fingerprint density at radius 1 is 1.47 bits per heavy atom. The van der Waals surface area contributed by atoms with Crippen LogP contribution in [0.15, 0.2) is 30.5 Å². The van der Waals surface area contributed by atoms with Crippen LogP contribution in [0, 0.1) is 5.41 Å². The lowest BCUT2D eigenvalue weighted by Crippen LogP contribution is -2.29.